The Balaban J connectivity index is 1.88. The fourth-order valence-corrected chi connectivity index (χ4v) is 3.44. The molecule has 0 radical (unpaired) electrons. The highest BCUT2D eigenvalue weighted by molar-refractivity contribution is 5.83. The topological polar surface area (TPSA) is 44.4 Å². The van der Waals surface area contributed by atoms with Crippen LogP contribution in [-0.4, -0.2) is 32.1 Å². The molecule has 0 saturated carbocycles. The van der Waals surface area contributed by atoms with Crippen molar-refractivity contribution in [1.29, 1.82) is 0 Å². The van der Waals surface area contributed by atoms with Gasteiger partial charge in [0.1, 0.15) is 5.82 Å². The van der Waals surface area contributed by atoms with Crippen molar-refractivity contribution in [1.82, 2.24) is 10.6 Å². The lowest BCUT2D eigenvalue weighted by Gasteiger charge is -2.38. The minimum absolute atomic E-state index is 0.00839. The molecule has 114 valence electrons. The summed E-state index contributed by atoms with van der Waals surface area (Å²) < 4.78 is 14.5. The highest BCUT2D eigenvalue weighted by atomic mass is 19.1. The van der Waals surface area contributed by atoms with Crippen LogP contribution in [0, 0.1) is 11.7 Å². The number of amides is 1. The lowest BCUT2D eigenvalue weighted by Crippen LogP contribution is -2.46. The number of nitrogens with one attached hydrogen (secondary N) is 2. The fraction of sp³-hybridized carbons (Fsp3) is 0.562. The van der Waals surface area contributed by atoms with Crippen molar-refractivity contribution in [3.63, 3.8) is 0 Å². The van der Waals surface area contributed by atoms with Gasteiger partial charge < -0.3 is 15.5 Å². The standard InChI is InChI=1S/C16H22FN3O/c1-10(18-2)11-5-6-14(13(17)8-11)20-7-3-4-12-15(20)9-19-16(12)21/h5-6,8,10,12,15,18H,3-4,7,9H2,1-2H3,(H,19,21). The number of hydrogen-bond donors (Lipinski definition) is 2. The molecule has 0 bridgehead atoms. The molecule has 2 aliphatic heterocycles. The molecule has 3 rings (SSSR count). The number of piperidine rings is 1. The minimum Gasteiger partial charge on any atom is -0.364 e. The molecule has 0 spiro atoms. The van der Waals surface area contributed by atoms with Gasteiger partial charge in [-0.1, -0.05) is 6.07 Å². The summed E-state index contributed by atoms with van der Waals surface area (Å²) in [5, 5.41) is 6.02. The van der Waals surface area contributed by atoms with Crippen LogP contribution in [0.5, 0.6) is 0 Å². The van der Waals surface area contributed by atoms with E-state index in [1.54, 1.807) is 6.07 Å². The third kappa shape index (κ3) is 2.50. The lowest BCUT2D eigenvalue weighted by atomic mass is 9.91. The summed E-state index contributed by atoms with van der Waals surface area (Å²) in [6, 6.07) is 5.63. The number of hydrogen-bond acceptors (Lipinski definition) is 3. The summed E-state index contributed by atoms with van der Waals surface area (Å²) in [6.45, 7) is 3.44. The highest BCUT2D eigenvalue weighted by Crippen LogP contribution is 2.33. The predicted octanol–water partition coefficient (Wildman–Crippen LogP) is 1.82. The maximum Gasteiger partial charge on any atom is 0.225 e. The normalized spacial score (nSPS) is 26.4. The lowest BCUT2D eigenvalue weighted by molar-refractivity contribution is -0.123. The first-order valence-corrected chi connectivity index (χ1v) is 7.63. The van der Waals surface area contributed by atoms with Gasteiger partial charge in [-0.25, -0.2) is 4.39 Å². The third-order valence-corrected chi connectivity index (χ3v) is 4.82. The van der Waals surface area contributed by atoms with Crippen molar-refractivity contribution in [2.75, 3.05) is 25.0 Å². The van der Waals surface area contributed by atoms with E-state index >= 15 is 0 Å². The van der Waals surface area contributed by atoms with E-state index in [0.29, 0.717) is 12.2 Å². The SMILES string of the molecule is CNC(C)c1ccc(N2CCCC3C(=O)NCC32)c(F)c1. The van der Waals surface area contributed by atoms with Gasteiger partial charge in [-0.2, -0.15) is 0 Å². The van der Waals surface area contributed by atoms with Gasteiger partial charge in [0.05, 0.1) is 17.6 Å². The molecule has 0 aliphatic carbocycles. The average Bonchev–Trinajstić information content (AvgIpc) is 2.88. The number of benzene rings is 1. The van der Waals surface area contributed by atoms with Crippen LogP contribution in [0.15, 0.2) is 18.2 Å². The second-order valence-corrected chi connectivity index (χ2v) is 5.98. The van der Waals surface area contributed by atoms with E-state index in [1.807, 2.05) is 26.1 Å². The van der Waals surface area contributed by atoms with Gasteiger partial charge in [0, 0.05) is 19.1 Å². The van der Waals surface area contributed by atoms with E-state index in [9.17, 15) is 9.18 Å². The number of carbonyl (C=O) groups excluding carboxylic acids is 1. The van der Waals surface area contributed by atoms with E-state index in [0.717, 1.165) is 24.9 Å². The quantitative estimate of drug-likeness (QED) is 0.893. The third-order valence-electron chi connectivity index (χ3n) is 4.82. The number of carbonyl (C=O) groups is 1. The zero-order valence-electron chi connectivity index (χ0n) is 12.5. The van der Waals surface area contributed by atoms with Crippen molar-refractivity contribution in [3.05, 3.63) is 29.6 Å². The van der Waals surface area contributed by atoms with Crippen LogP contribution in [0.1, 0.15) is 31.4 Å². The van der Waals surface area contributed by atoms with Crippen LogP contribution in [0.4, 0.5) is 10.1 Å². The van der Waals surface area contributed by atoms with E-state index in [4.69, 9.17) is 0 Å². The molecule has 2 N–H and O–H groups in total. The largest absolute Gasteiger partial charge is 0.364 e. The Kier molecular flexibility index (Phi) is 3.85. The Hall–Kier alpha value is -1.62. The van der Waals surface area contributed by atoms with Gasteiger partial charge in [-0.05, 0) is 44.5 Å². The van der Waals surface area contributed by atoms with E-state index in [2.05, 4.69) is 15.5 Å². The Morgan fingerprint density at radius 3 is 3.00 bits per heavy atom. The zero-order valence-corrected chi connectivity index (χ0v) is 12.5. The summed E-state index contributed by atoms with van der Waals surface area (Å²) in [5.41, 5.74) is 1.56. The Morgan fingerprint density at radius 1 is 1.48 bits per heavy atom. The van der Waals surface area contributed by atoms with Gasteiger partial charge in [-0.3, -0.25) is 4.79 Å². The van der Waals surface area contributed by atoms with Crippen molar-refractivity contribution in [2.24, 2.45) is 5.92 Å². The second-order valence-electron chi connectivity index (χ2n) is 5.98. The summed E-state index contributed by atoms with van der Waals surface area (Å²) in [4.78, 5) is 13.9. The fourth-order valence-electron chi connectivity index (χ4n) is 3.44. The van der Waals surface area contributed by atoms with Crippen LogP contribution >= 0.6 is 0 Å². The van der Waals surface area contributed by atoms with E-state index in [1.165, 1.54) is 0 Å². The van der Waals surface area contributed by atoms with Gasteiger partial charge in [-0.15, -0.1) is 0 Å². The molecule has 3 atom stereocenters. The number of halogens is 1. The monoisotopic (exact) mass is 291 g/mol. The Labute approximate surface area is 124 Å². The van der Waals surface area contributed by atoms with Crippen LogP contribution in [-0.2, 0) is 4.79 Å². The molecule has 5 heteroatoms. The zero-order chi connectivity index (χ0) is 15.0. The molecule has 2 aliphatic rings. The van der Waals surface area contributed by atoms with Crippen molar-refractivity contribution >= 4 is 11.6 Å². The first-order valence-electron chi connectivity index (χ1n) is 7.63. The van der Waals surface area contributed by atoms with Crippen LogP contribution < -0.4 is 15.5 Å². The van der Waals surface area contributed by atoms with Crippen molar-refractivity contribution in [2.45, 2.75) is 31.8 Å². The molecule has 3 unspecified atom stereocenters. The van der Waals surface area contributed by atoms with Gasteiger partial charge in [0.2, 0.25) is 5.91 Å². The molecular formula is C16H22FN3O. The second kappa shape index (κ2) is 5.64. The van der Waals surface area contributed by atoms with E-state index in [-0.39, 0.29) is 29.7 Å². The van der Waals surface area contributed by atoms with Crippen LogP contribution in [0.3, 0.4) is 0 Å². The van der Waals surface area contributed by atoms with Crippen LogP contribution in [0.2, 0.25) is 0 Å². The molecule has 2 heterocycles. The molecule has 1 aromatic rings. The summed E-state index contributed by atoms with van der Waals surface area (Å²) in [5.74, 6) is -0.0748. The van der Waals surface area contributed by atoms with Gasteiger partial charge in [0.15, 0.2) is 0 Å². The molecule has 1 amide bonds. The Morgan fingerprint density at radius 2 is 2.29 bits per heavy atom. The number of rotatable bonds is 3. The average molecular weight is 291 g/mol. The molecule has 4 nitrogen and oxygen atoms in total. The summed E-state index contributed by atoms with van der Waals surface area (Å²) in [6.07, 6.45) is 1.84. The smallest absolute Gasteiger partial charge is 0.225 e. The molecule has 2 saturated heterocycles. The highest BCUT2D eigenvalue weighted by Gasteiger charge is 2.41. The predicted molar refractivity (Wildman–Crippen MR) is 80.7 cm³/mol. The summed E-state index contributed by atoms with van der Waals surface area (Å²) >= 11 is 0. The van der Waals surface area contributed by atoms with Crippen LogP contribution in [0.25, 0.3) is 0 Å². The van der Waals surface area contributed by atoms with Crippen molar-refractivity contribution in [3.8, 4) is 0 Å². The first-order chi connectivity index (χ1) is 10.1. The molecular weight excluding hydrogens is 269 g/mol. The number of anilines is 1. The minimum atomic E-state index is -0.199. The number of fused-ring (bicyclic) bond motifs is 1. The first kappa shape index (κ1) is 14.3. The molecule has 1 aromatic carbocycles. The maximum absolute atomic E-state index is 14.5. The molecule has 0 aromatic heterocycles. The number of nitrogens with zero attached hydrogens (tertiary/aromatic N) is 1. The molecule has 21 heavy (non-hydrogen) atoms. The van der Waals surface area contributed by atoms with Crippen molar-refractivity contribution < 1.29 is 9.18 Å². The van der Waals surface area contributed by atoms with Gasteiger partial charge in [0.25, 0.3) is 0 Å². The molecule has 2 fully saturated rings. The Bertz CT molecular complexity index is 548. The van der Waals surface area contributed by atoms with Gasteiger partial charge >= 0.3 is 0 Å². The maximum atomic E-state index is 14.5. The van der Waals surface area contributed by atoms with E-state index < -0.39 is 0 Å². The summed E-state index contributed by atoms with van der Waals surface area (Å²) in [7, 11) is 1.86.